The number of ether oxygens (including phenoxy) is 1. The third-order valence-corrected chi connectivity index (χ3v) is 4.05. The molecular formula is C15H16ClNOS. The molecule has 0 aliphatic rings. The standard InChI is InChI=1S/C15H16ClNOS/c1-18-15-6-5-11(9-17)7-12(15)10-19-14-4-2-3-13(16)8-14/h2-8H,9-10,17H2,1H3. The van der Waals surface area contributed by atoms with E-state index in [1.54, 1.807) is 18.9 Å². The van der Waals surface area contributed by atoms with Gasteiger partial charge in [-0.25, -0.2) is 0 Å². The maximum absolute atomic E-state index is 5.98. The molecule has 0 atom stereocenters. The summed E-state index contributed by atoms with van der Waals surface area (Å²) < 4.78 is 5.38. The van der Waals surface area contributed by atoms with Crippen LogP contribution in [-0.2, 0) is 12.3 Å². The molecule has 0 amide bonds. The van der Waals surface area contributed by atoms with E-state index in [4.69, 9.17) is 22.1 Å². The molecule has 2 aromatic carbocycles. The van der Waals surface area contributed by atoms with Crippen LogP contribution < -0.4 is 10.5 Å². The van der Waals surface area contributed by atoms with E-state index in [9.17, 15) is 0 Å². The Hall–Kier alpha value is -1.16. The minimum Gasteiger partial charge on any atom is -0.496 e. The lowest BCUT2D eigenvalue weighted by Gasteiger charge is -2.10. The van der Waals surface area contributed by atoms with E-state index < -0.39 is 0 Å². The number of nitrogens with two attached hydrogens (primary N) is 1. The predicted molar refractivity (Wildman–Crippen MR) is 81.9 cm³/mol. The van der Waals surface area contributed by atoms with Gasteiger partial charge >= 0.3 is 0 Å². The fraction of sp³-hybridized carbons (Fsp3) is 0.200. The highest BCUT2D eigenvalue weighted by Crippen LogP contribution is 2.29. The fourth-order valence-corrected chi connectivity index (χ4v) is 2.98. The molecule has 0 unspecified atom stereocenters. The largest absolute Gasteiger partial charge is 0.496 e. The van der Waals surface area contributed by atoms with Crippen molar-refractivity contribution in [1.29, 1.82) is 0 Å². The van der Waals surface area contributed by atoms with Gasteiger partial charge in [-0.2, -0.15) is 0 Å². The molecular weight excluding hydrogens is 278 g/mol. The zero-order valence-electron chi connectivity index (χ0n) is 10.7. The molecule has 0 saturated heterocycles. The number of hydrogen-bond acceptors (Lipinski definition) is 3. The van der Waals surface area contributed by atoms with Crippen LogP contribution in [-0.4, -0.2) is 7.11 Å². The van der Waals surface area contributed by atoms with Crippen molar-refractivity contribution in [3.05, 3.63) is 58.6 Å². The van der Waals surface area contributed by atoms with Crippen LogP contribution in [0.25, 0.3) is 0 Å². The smallest absolute Gasteiger partial charge is 0.122 e. The molecule has 100 valence electrons. The molecule has 0 aliphatic carbocycles. The fourth-order valence-electron chi connectivity index (χ4n) is 1.79. The van der Waals surface area contributed by atoms with Gasteiger partial charge in [0.15, 0.2) is 0 Å². The van der Waals surface area contributed by atoms with E-state index >= 15 is 0 Å². The summed E-state index contributed by atoms with van der Waals surface area (Å²) in [5, 5.41) is 0.757. The van der Waals surface area contributed by atoms with Gasteiger partial charge in [-0.1, -0.05) is 23.7 Å². The summed E-state index contributed by atoms with van der Waals surface area (Å²) in [6.45, 7) is 0.541. The summed E-state index contributed by atoms with van der Waals surface area (Å²) in [5.41, 5.74) is 7.93. The van der Waals surface area contributed by atoms with E-state index in [2.05, 4.69) is 12.1 Å². The van der Waals surface area contributed by atoms with E-state index in [0.717, 1.165) is 32.5 Å². The molecule has 2 aromatic rings. The Labute approximate surface area is 122 Å². The Morgan fingerprint density at radius 3 is 2.74 bits per heavy atom. The first-order chi connectivity index (χ1) is 9.22. The Balaban J connectivity index is 2.14. The van der Waals surface area contributed by atoms with Crippen molar-refractivity contribution < 1.29 is 4.74 Å². The SMILES string of the molecule is COc1ccc(CN)cc1CSc1cccc(Cl)c1. The summed E-state index contributed by atoms with van der Waals surface area (Å²) in [6, 6.07) is 13.9. The molecule has 2 nitrogen and oxygen atoms in total. The third-order valence-electron chi connectivity index (χ3n) is 2.77. The highest BCUT2D eigenvalue weighted by atomic mass is 35.5. The van der Waals surface area contributed by atoms with Crippen LogP contribution in [0.1, 0.15) is 11.1 Å². The van der Waals surface area contributed by atoms with Gasteiger partial charge in [0.2, 0.25) is 0 Å². The van der Waals surface area contributed by atoms with Crippen molar-refractivity contribution in [1.82, 2.24) is 0 Å². The van der Waals surface area contributed by atoms with Crippen LogP contribution in [0.2, 0.25) is 5.02 Å². The molecule has 4 heteroatoms. The van der Waals surface area contributed by atoms with Gasteiger partial charge in [-0.3, -0.25) is 0 Å². The van der Waals surface area contributed by atoms with Crippen molar-refractivity contribution >= 4 is 23.4 Å². The van der Waals surface area contributed by atoms with E-state index in [1.165, 1.54) is 0 Å². The molecule has 0 spiro atoms. The van der Waals surface area contributed by atoms with Crippen LogP contribution in [0.4, 0.5) is 0 Å². The lowest BCUT2D eigenvalue weighted by atomic mass is 10.1. The van der Waals surface area contributed by atoms with Gasteiger partial charge in [0.05, 0.1) is 7.11 Å². The first-order valence-corrected chi connectivity index (χ1v) is 7.33. The predicted octanol–water partition coefficient (Wildman–Crippen LogP) is 4.10. The third kappa shape index (κ3) is 3.90. The zero-order chi connectivity index (χ0) is 13.7. The van der Waals surface area contributed by atoms with Crippen LogP contribution in [0.5, 0.6) is 5.75 Å². The first kappa shape index (κ1) is 14.3. The number of hydrogen-bond donors (Lipinski definition) is 1. The molecule has 0 aliphatic heterocycles. The second-order valence-electron chi connectivity index (χ2n) is 4.10. The van der Waals surface area contributed by atoms with Crippen molar-refractivity contribution in [3.8, 4) is 5.75 Å². The second-order valence-corrected chi connectivity index (χ2v) is 5.58. The van der Waals surface area contributed by atoms with Gasteiger partial charge in [0, 0.05) is 27.8 Å². The number of halogens is 1. The minimum absolute atomic E-state index is 0.541. The molecule has 0 bridgehead atoms. The van der Waals surface area contributed by atoms with Gasteiger partial charge in [0.1, 0.15) is 5.75 Å². The number of methoxy groups -OCH3 is 1. The monoisotopic (exact) mass is 293 g/mol. The minimum atomic E-state index is 0.541. The van der Waals surface area contributed by atoms with Crippen molar-refractivity contribution in [2.45, 2.75) is 17.2 Å². The molecule has 2 N–H and O–H groups in total. The Morgan fingerprint density at radius 1 is 1.21 bits per heavy atom. The maximum atomic E-state index is 5.98. The van der Waals surface area contributed by atoms with Crippen molar-refractivity contribution in [2.24, 2.45) is 5.73 Å². The van der Waals surface area contributed by atoms with Gasteiger partial charge in [0.25, 0.3) is 0 Å². The Morgan fingerprint density at radius 2 is 2.05 bits per heavy atom. The zero-order valence-corrected chi connectivity index (χ0v) is 12.3. The Kier molecular flexibility index (Phi) is 5.14. The van der Waals surface area contributed by atoms with Crippen molar-refractivity contribution in [3.63, 3.8) is 0 Å². The molecule has 0 saturated carbocycles. The number of rotatable bonds is 5. The van der Waals surface area contributed by atoms with Crippen LogP contribution in [0.15, 0.2) is 47.4 Å². The maximum Gasteiger partial charge on any atom is 0.122 e. The molecule has 0 aromatic heterocycles. The summed E-state index contributed by atoms with van der Waals surface area (Å²) in [5.74, 6) is 1.73. The van der Waals surface area contributed by atoms with Crippen LogP contribution in [0, 0.1) is 0 Å². The quantitative estimate of drug-likeness (QED) is 0.843. The highest BCUT2D eigenvalue weighted by Gasteiger charge is 2.05. The summed E-state index contributed by atoms with van der Waals surface area (Å²) in [4.78, 5) is 1.15. The Bertz CT molecular complexity index is 560. The van der Waals surface area contributed by atoms with Gasteiger partial charge < -0.3 is 10.5 Å². The first-order valence-electron chi connectivity index (χ1n) is 5.97. The average molecular weight is 294 g/mol. The van der Waals surface area contributed by atoms with E-state index in [1.807, 2.05) is 30.3 Å². The lowest BCUT2D eigenvalue weighted by Crippen LogP contribution is -1.98. The van der Waals surface area contributed by atoms with Crippen LogP contribution in [0.3, 0.4) is 0 Å². The summed E-state index contributed by atoms with van der Waals surface area (Å²) >= 11 is 7.71. The number of thioether (sulfide) groups is 1. The second kappa shape index (κ2) is 6.85. The average Bonchev–Trinajstić information content (AvgIpc) is 2.45. The molecule has 0 radical (unpaired) electrons. The molecule has 2 rings (SSSR count). The normalized spacial score (nSPS) is 10.5. The van der Waals surface area contributed by atoms with Crippen molar-refractivity contribution in [2.75, 3.05) is 7.11 Å². The molecule has 0 heterocycles. The van der Waals surface area contributed by atoms with Gasteiger partial charge in [-0.05, 0) is 35.9 Å². The van der Waals surface area contributed by atoms with Crippen LogP contribution >= 0.6 is 23.4 Å². The van der Waals surface area contributed by atoms with Gasteiger partial charge in [-0.15, -0.1) is 11.8 Å². The molecule has 19 heavy (non-hydrogen) atoms. The molecule has 0 fully saturated rings. The summed E-state index contributed by atoms with van der Waals surface area (Å²) in [6.07, 6.45) is 0. The lowest BCUT2D eigenvalue weighted by molar-refractivity contribution is 0.411. The summed E-state index contributed by atoms with van der Waals surface area (Å²) in [7, 11) is 1.69. The van der Waals surface area contributed by atoms with E-state index in [-0.39, 0.29) is 0 Å². The highest BCUT2D eigenvalue weighted by molar-refractivity contribution is 7.98. The number of benzene rings is 2. The van der Waals surface area contributed by atoms with E-state index in [0.29, 0.717) is 6.54 Å². The topological polar surface area (TPSA) is 35.2 Å².